The number of ether oxygens (including phenoxy) is 1. The van der Waals surface area contributed by atoms with E-state index in [1.54, 1.807) is 44.2 Å². The number of aliphatic hydroxyl groups is 1. The lowest BCUT2D eigenvalue weighted by Crippen LogP contribution is -2.08. The largest absolute Gasteiger partial charge is 0.506 e. The van der Waals surface area contributed by atoms with Crippen molar-refractivity contribution in [2.75, 3.05) is 7.11 Å². The summed E-state index contributed by atoms with van der Waals surface area (Å²) in [5, 5.41) is 11.1. The summed E-state index contributed by atoms with van der Waals surface area (Å²) in [6.07, 6.45) is 7.14. The highest BCUT2D eigenvalue weighted by atomic mass is 35.5. The maximum atomic E-state index is 14.8. The number of carbonyl (C=O) groups is 1. The number of benzene rings is 2. The lowest BCUT2D eigenvalue weighted by Gasteiger charge is -2.17. The Morgan fingerprint density at radius 3 is 2.59 bits per heavy atom. The van der Waals surface area contributed by atoms with Crippen LogP contribution in [0.5, 0.6) is 0 Å². The number of halogens is 2. The van der Waals surface area contributed by atoms with E-state index in [9.17, 15) is 14.3 Å². The highest BCUT2D eigenvalue weighted by Crippen LogP contribution is 2.37. The van der Waals surface area contributed by atoms with Gasteiger partial charge in [-0.05, 0) is 54.8 Å². The predicted molar refractivity (Wildman–Crippen MR) is 107 cm³/mol. The first kappa shape index (κ1) is 20.3. The molecular weight excluding hydrogens is 367 g/mol. The van der Waals surface area contributed by atoms with E-state index >= 15 is 0 Å². The van der Waals surface area contributed by atoms with Gasteiger partial charge in [-0.15, -0.1) is 6.42 Å². The highest BCUT2D eigenvalue weighted by Gasteiger charge is 2.23. The SMILES string of the molecule is C#C/C(C(=O)OC)=C(/O)c1ccc(F)c(-c2cccc(Cl)c2)c1/C(C)=C\C. The third kappa shape index (κ3) is 4.05. The average molecular weight is 385 g/mol. The van der Waals surface area contributed by atoms with Gasteiger partial charge in [-0.3, -0.25) is 0 Å². The van der Waals surface area contributed by atoms with Crippen LogP contribution in [0.2, 0.25) is 5.02 Å². The van der Waals surface area contributed by atoms with Gasteiger partial charge in [0.1, 0.15) is 11.6 Å². The summed E-state index contributed by atoms with van der Waals surface area (Å²) in [7, 11) is 1.16. The van der Waals surface area contributed by atoms with Crippen LogP contribution in [0.25, 0.3) is 22.5 Å². The normalized spacial score (nSPS) is 12.2. The topological polar surface area (TPSA) is 46.5 Å². The number of hydrogen-bond acceptors (Lipinski definition) is 3. The minimum Gasteiger partial charge on any atom is -0.506 e. The number of aliphatic hydroxyl groups excluding tert-OH is 1. The van der Waals surface area contributed by atoms with Crippen LogP contribution in [0.1, 0.15) is 25.0 Å². The fraction of sp³-hybridized carbons (Fsp3) is 0.136. The van der Waals surface area contributed by atoms with Gasteiger partial charge in [-0.25, -0.2) is 9.18 Å². The van der Waals surface area contributed by atoms with Gasteiger partial charge in [-0.1, -0.05) is 35.7 Å². The average Bonchev–Trinajstić information content (AvgIpc) is 2.67. The highest BCUT2D eigenvalue weighted by molar-refractivity contribution is 6.30. The minimum atomic E-state index is -0.854. The second-order valence-corrected chi connectivity index (χ2v) is 6.12. The van der Waals surface area contributed by atoms with E-state index in [0.29, 0.717) is 21.7 Å². The molecule has 0 saturated carbocycles. The van der Waals surface area contributed by atoms with Crippen molar-refractivity contribution in [3.8, 4) is 23.5 Å². The first-order valence-electron chi connectivity index (χ1n) is 8.05. The number of terminal acetylenes is 1. The molecule has 5 heteroatoms. The Labute approximate surface area is 162 Å². The second kappa shape index (κ2) is 8.57. The van der Waals surface area contributed by atoms with Crippen molar-refractivity contribution in [2.24, 2.45) is 0 Å². The Bertz CT molecular complexity index is 997. The Hall–Kier alpha value is -3.03. The fourth-order valence-electron chi connectivity index (χ4n) is 2.72. The lowest BCUT2D eigenvalue weighted by atomic mass is 9.88. The maximum Gasteiger partial charge on any atom is 0.350 e. The summed E-state index contributed by atoms with van der Waals surface area (Å²) in [6, 6.07) is 9.31. The first-order chi connectivity index (χ1) is 12.8. The summed E-state index contributed by atoms with van der Waals surface area (Å²) in [4.78, 5) is 11.9. The van der Waals surface area contributed by atoms with E-state index in [1.807, 2.05) is 0 Å². The smallest absolute Gasteiger partial charge is 0.350 e. The molecule has 0 amide bonds. The molecule has 0 spiro atoms. The molecule has 0 atom stereocenters. The molecule has 0 aliphatic carbocycles. The maximum absolute atomic E-state index is 14.8. The number of allylic oxidation sites excluding steroid dienone is 2. The van der Waals surface area contributed by atoms with Crippen LogP contribution in [-0.4, -0.2) is 18.2 Å². The fourth-order valence-corrected chi connectivity index (χ4v) is 2.91. The summed E-state index contributed by atoms with van der Waals surface area (Å²) < 4.78 is 19.4. The lowest BCUT2D eigenvalue weighted by molar-refractivity contribution is -0.135. The molecule has 0 saturated heterocycles. The van der Waals surface area contributed by atoms with Crippen molar-refractivity contribution in [2.45, 2.75) is 13.8 Å². The predicted octanol–water partition coefficient (Wildman–Crippen LogP) is 5.64. The molecule has 0 fully saturated rings. The van der Waals surface area contributed by atoms with Gasteiger partial charge in [0.2, 0.25) is 0 Å². The van der Waals surface area contributed by atoms with Crippen molar-refractivity contribution in [1.29, 1.82) is 0 Å². The van der Waals surface area contributed by atoms with E-state index < -0.39 is 17.5 Å². The number of rotatable bonds is 4. The number of methoxy groups -OCH3 is 1. The molecule has 0 aliphatic heterocycles. The van der Waals surface area contributed by atoms with Crippen molar-refractivity contribution >= 4 is 28.9 Å². The van der Waals surface area contributed by atoms with Gasteiger partial charge >= 0.3 is 5.97 Å². The van der Waals surface area contributed by atoms with Crippen LogP contribution in [0.3, 0.4) is 0 Å². The molecule has 0 unspecified atom stereocenters. The molecule has 2 aromatic rings. The molecule has 0 heterocycles. The van der Waals surface area contributed by atoms with Gasteiger partial charge in [0, 0.05) is 16.1 Å². The van der Waals surface area contributed by atoms with Gasteiger partial charge in [0.25, 0.3) is 0 Å². The first-order valence-corrected chi connectivity index (χ1v) is 8.43. The molecule has 138 valence electrons. The summed E-state index contributed by atoms with van der Waals surface area (Å²) in [5.41, 5.74) is 1.76. The molecule has 2 aromatic carbocycles. The number of esters is 1. The van der Waals surface area contributed by atoms with Gasteiger partial charge in [0.15, 0.2) is 5.57 Å². The Morgan fingerprint density at radius 1 is 1.33 bits per heavy atom. The number of carbonyl (C=O) groups excluding carboxylic acids is 1. The molecule has 3 nitrogen and oxygen atoms in total. The van der Waals surface area contributed by atoms with Gasteiger partial charge in [0.05, 0.1) is 7.11 Å². The third-order valence-corrected chi connectivity index (χ3v) is 4.36. The summed E-state index contributed by atoms with van der Waals surface area (Å²) in [6.45, 7) is 3.56. The number of hydrogen-bond donors (Lipinski definition) is 1. The quantitative estimate of drug-likeness (QED) is 0.321. The van der Waals surface area contributed by atoms with Crippen molar-refractivity contribution < 1.29 is 19.0 Å². The standard InChI is InChI=1S/C22H18ClFO3/c1-5-13(3)19-17(21(25)16(6-2)22(26)27-4)10-11-18(24)20(19)14-8-7-9-15(23)12-14/h2,5,7-12,25H,1,3-4H3/b13-5-,21-16-. The van der Waals surface area contributed by atoms with E-state index in [0.717, 1.165) is 7.11 Å². The molecule has 27 heavy (non-hydrogen) atoms. The molecular formula is C22H18ClFO3. The zero-order valence-electron chi connectivity index (χ0n) is 15.1. The Kier molecular flexibility index (Phi) is 6.44. The van der Waals surface area contributed by atoms with E-state index in [2.05, 4.69) is 10.7 Å². The molecule has 0 radical (unpaired) electrons. The second-order valence-electron chi connectivity index (χ2n) is 5.69. The van der Waals surface area contributed by atoms with Crippen molar-refractivity contribution in [3.05, 3.63) is 70.0 Å². The zero-order valence-corrected chi connectivity index (χ0v) is 15.9. The van der Waals surface area contributed by atoms with Crippen molar-refractivity contribution in [1.82, 2.24) is 0 Å². The molecule has 1 N–H and O–H groups in total. The van der Waals surface area contributed by atoms with Crippen LogP contribution >= 0.6 is 11.6 Å². The van der Waals surface area contributed by atoms with Crippen LogP contribution in [0, 0.1) is 18.2 Å². The molecule has 2 rings (SSSR count). The Morgan fingerprint density at radius 2 is 2.04 bits per heavy atom. The van der Waals surface area contributed by atoms with E-state index in [1.165, 1.54) is 12.1 Å². The monoisotopic (exact) mass is 384 g/mol. The van der Waals surface area contributed by atoms with Crippen LogP contribution in [0.15, 0.2) is 48.0 Å². The molecule has 0 aliphatic rings. The molecule has 0 aromatic heterocycles. The van der Waals surface area contributed by atoms with Gasteiger partial charge in [-0.2, -0.15) is 0 Å². The molecule has 0 bridgehead atoms. The van der Waals surface area contributed by atoms with E-state index in [-0.39, 0.29) is 16.7 Å². The van der Waals surface area contributed by atoms with Crippen LogP contribution in [0.4, 0.5) is 4.39 Å². The van der Waals surface area contributed by atoms with Gasteiger partial charge < -0.3 is 9.84 Å². The Balaban J connectivity index is 2.94. The van der Waals surface area contributed by atoms with Crippen LogP contribution in [-0.2, 0) is 9.53 Å². The zero-order chi connectivity index (χ0) is 20.1. The van der Waals surface area contributed by atoms with Crippen LogP contribution < -0.4 is 0 Å². The van der Waals surface area contributed by atoms with Crippen molar-refractivity contribution in [3.63, 3.8) is 0 Å². The summed E-state index contributed by atoms with van der Waals surface area (Å²) >= 11 is 6.06. The summed E-state index contributed by atoms with van der Waals surface area (Å²) in [5.74, 6) is 0.335. The third-order valence-electron chi connectivity index (χ3n) is 4.12. The van der Waals surface area contributed by atoms with E-state index in [4.69, 9.17) is 18.0 Å². The minimum absolute atomic E-state index is 0.223.